The van der Waals surface area contributed by atoms with Crippen molar-refractivity contribution in [2.45, 2.75) is 12.2 Å². The summed E-state index contributed by atoms with van der Waals surface area (Å²) in [5.74, 6) is 1.07. The first kappa shape index (κ1) is 29.3. The summed E-state index contributed by atoms with van der Waals surface area (Å²) >= 11 is 12.3. The van der Waals surface area contributed by atoms with Gasteiger partial charge in [-0.2, -0.15) is 4.98 Å². The zero-order chi connectivity index (χ0) is 30.0. The molecule has 0 spiro atoms. The van der Waals surface area contributed by atoms with Gasteiger partial charge in [0.15, 0.2) is 9.84 Å². The topological polar surface area (TPSA) is 122 Å². The lowest BCUT2D eigenvalue weighted by Gasteiger charge is -2.19. The van der Waals surface area contributed by atoms with E-state index in [9.17, 15) is 13.2 Å². The van der Waals surface area contributed by atoms with Gasteiger partial charge in [-0.05, 0) is 59.7 Å². The van der Waals surface area contributed by atoms with E-state index in [2.05, 4.69) is 20.6 Å². The molecule has 0 bridgehead atoms. The minimum atomic E-state index is -3.12. The largest absolute Gasteiger partial charge is 0.327 e. The number of halogens is 2. The number of carbonyl (C=O) groups is 1. The highest BCUT2D eigenvalue weighted by atomic mass is 35.5. The number of benzene rings is 3. The van der Waals surface area contributed by atoms with Gasteiger partial charge in [0.05, 0.1) is 23.4 Å². The van der Waals surface area contributed by atoms with Crippen LogP contribution in [0.25, 0.3) is 11.0 Å². The Kier molecular flexibility index (Phi) is 8.35. The Morgan fingerprint density at radius 1 is 1.02 bits per heavy atom. The zero-order valence-corrected chi connectivity index (χ0v) is 25.3. The third kappa shape index (κ3) is 6.81. The molecule has 2 N–H and O–H groups in total. The fourth-order valence-corrected chi connectivity index (χ4v) is 5.62. The summed E-state index contributed by atoms with van der Waals surface area (Å²) < 4.78 is 24.9. The van der Waals surface area contributed by atoms with Crippen molar-refractivity contribution in [1.82, 2.24) is 19.5 Å². The van der Waals surface area contributed by atoms with E-state index in [1.165, 1.54) is 6.26 Å². The summed E-state index contributed by atoms with van der Waals surface area (Å²) in [7, 11) is 0.582. The van der Waals surface area contributed by atoms with Crippen LogP contribution in [-0.2, 0) is 33.9 Å². The number of sulfone groups is 1. The first-order valence-corrected chi connectivity index (χ1v) is 15.6. The molecule has 10 nitrogen and oxygen atoms in total. The molecule has 0 saturated heterocycles. The van der Waals surface area contributed by atoms with Gasteiger partial charge in [0.25, 0.3) is 0 Å². The van der Waals surface area contributed by atoms with Gasteiger partial charge in [0, 0.05) is 42.3 Å². The predicted octanol–water partition coefficient (Wildman–Crippen LogP) is 5.91. The highest BCUT2D eigenvalue weighted by Gasteiger charge is 2.18. The van der Waals surface area contributed by atoms with Crippen LogP contribution in [-0.4, -0.2) is 47.1 Å². The number of aromatic nitrogens is 4. The number of anilines is 5. The summed E-state index contributed by atoms with van der Waals surface area (Å²) in [6.07, 6.45) is 2.90. The number of rotatable bonds is 9. The minimum absolute atomic E-state index is 0.0230. The average molecular weight is 625 g/mol. The van der Waals surface area contributed by atoms with Crippen molar-refractivity contribution in [3.63, 3.8) is 0 Å². The van der Waals surface area contributed by atoms with Crippen LogP contribution < -0.4 is 15.5 Å². The van der Waals surface area contributed by atoms with Gasteiger partial charge in [-0.1, -0.05) is 41.4 Å². The van der Waals surface area contributed by atoms with Crippen molar-refractivity contribution in [2.24, 2.45) is 7.05 Å². The number of carbonyl (C=O) groups excluding carboxylic acids is 1. The first-order valence-electron chi connectivity index (χ1n) is 12.8. The minimum Gasteiger partial charge on any atom is -0.327 e. The summed E-state index contributed by atoms with van der Waals surface area (Å²) in [5.41, 5.74) is 4.31. The molecule has 0 fully saturated rings. The molecule has 5 rings (SSSR count). The van der Waals surface area contributed by atoms with Crippen molar-refractivity contribution in [2.75, 3.05) is 28.8 Å². The monoisotopic (exact) mass is 623 g/mol. The van der Waals surface area contributed by atoms with E-state index in [0.717, 1.165) is 16.9 Å². The lowest BCUT2D eigenvalue weighted by atomic mass is 10.1. The van der Waals surface area contributed by atoms with Crippen LogP contribution in [0.4, 0.5) is 29.1 Å². The van der Waals surface area contributed by atoms with E-state index in [1.807, 2.05) is 41.8 Å². The van der Waals surface area contributed by atoms with Crippen LogP contribution in [0.1, 0.15) is 11.1 Å². The molecule has 2 aromatic heterocycles. The average Bonchev–Trinajstić information content (AvgIpc) is 3.25. The highest BCUT2D eigenvalue weighted by molar-refractivity contribution is 7.89. The van der Waals surface area contributed by atoms with Gasteiger partial charge in [0.1, 0.15) is 11.3 Å². The van der Waals surface area contributed by atoms with E-state index in [1.54, 1.807) is 54.7 Å². The van der Waals surface area contributed by atoms with Crippen LogP contribution in [0.3, 0.4) is 0 Å². The summed E-state index contributed by atoms with van der Waals surface area (Å²) in [6, 6.07) is 19.6. The van der Waals surface area contributed by atoms with Gasteiger partial charge in [-0.15, -0.1) is 0 Å². The quantitative estimate of drug-likeness (QED) is 0.208. The molecule has 1 amide bonds. The molecule has 13 heteroatoms. The fraction of sp³-hybridized carbons (Fsp3) is 0.172. The number of nitrogens with zero attached hydrogens (tertiary/aromatic N) is 5. The van der Waals surface area contributed by atoms with Crippen LogP contribution in [0.15, 0.2) is 72.9 Å². The molecule has 0 aliphatic heterocycles. The van der Waals surface area contributed by atoms with Crippen LogP contribution in [0, 0.1) is 0 Å². The Bertz CT molecular complexity index is 1890. The number of hydrogen-bond donors (Lipinski definition) is 2. The number of imidazole rings is 1. The lowest BCUT2D eigenvalue weighted by Crippen LogP contribution is -2.17. The number of fused-ring (bicyclic) bond motifs is 1. The summed E-state index contributed by atoms with van der Waals surface area (Å²) in [4.78, 5) is 28.4. The molecule has 2 heterocycles. The second kappa shape index (κ2) is 12.0. The van der Waals surface area contributed by atoms with Crippen LogP contribution in [0.5, 0.6) is 0 Å². The number of aryl methyl sites for hydroxylation is 1. The molecule has 0 saturated carbocycles. The smallest absolute Gasteiger partial charge is 0.231 e. The van der Waals surface area contributed by atoms with Crippen molar-refractivity contribution in [1.29, 1.82) is 0 Å². The maximum Gasteiger partial charge on any atom is 0.231 e. The Hall–Kier alpha value is -4.19. The summed E-state index contributed by atoms with van der Waals surface area (Å²) in [6.45, 7) is 0. The number of para-hydroxylation sites is 1. The second-order valence-electron chi connectivity index (χ2n) is 9.79. The highest BCUT2D eigenvalue weighted by Crippen LogP contribution is 2.32. The van der Waals surface area contributed by atoms with E-state index in [0.29, 0.717) is 44.4 Å². The first-order chi connectivity index (χ1) is 20.0. The molecule has 0 radical (unpaired) electrons. The van der Waals surface area contributed by atoms with Crippen molar-refractivity contribution in [3.8, 4) is 0 Å². The zero-order valence-electron chi connectivity index (χ0n) is 23.0. The molecule has 3 aromatic carbocycles. The standard InChI is InChI=1S/C29H27Cl2N7O3S/c1-37(25-13-14-32-28(34-25)33-21-10-7-18(8-11-21)17-42(3,40)41)23-5-4-6-24-27(23)36-29(38(24)2)35-26(39)16-19-15-20(30)9-12-22(19)31/h4-15H,16-17H2,1-3H3,(H,32,33,34)(H,35,36,39). The Morgan fingerprint density at radius 2 is 1.79 bits per heavy atom. The van der Waals surface area contributed by atoms with E-state index >= 15 is 0 Å². The van der Waals surface area contributed by atoms with Gasteiger partial charge in [-0.3, -0.25) is 10.1 Å². The lowest BCUT2D eigenvalue weighted by molar-refractivity contribution is -0.115. The Balaban J connectivity index is 1.35. The number of amides is 1. The van der Waals surface area contributed by atoms with E-state index < -0.39 is 9.84 Å². The van der Waals surface area contributed by atoms with Crippen LogP contribution >= 0.6 is 23.2 Å². The molecule has 216 valence electrons. The number of hydrogen-bond acceptors (Lipinski definition) is 8. The molecule has 0 aliphatic carbocycles. The van der Waals surface area contributed by atoms with Crippen molar-refractivity contribution < 1.29 is 13.2 Å². The SMILES string of the molecule is CN(c1ccnc(Nc2ccc(CS(C)(=O)=O)cc2)n1)c1cccc2c1nc(NC(=O)Cc1cc(Cl)ccc1Cl)n2C. The maximum absolute atomic E-state index is 12.9. The van der Waals surface area contributed by atoms with Crippen molar-refractivity contribution in [3.05, 3.63) is 94.1 Å². The van der Waals surface area contributed by atoms with E-state index in [-0.39, 0.29) is 18.1 Å². The fourth-order valence-electron chi connectivity index (χ4n) is 4.44. The molecule has 0 unspecified atom stereocenters. The van der Waals surface area contributed by atoms with Gasteiger partial charge in [0.2, 0.25) is 17.8 Å². The Labute approximate surface area is 253 Å². The van der Waals surface area contributed by atoms with Gasteiger partial charge < -0.3 is 14.8 Å². The molecular weight excluding hydrogens is 597 g/mol. The molecular formula is C29H27Cl2N7O3S. The number of nitrogens with one attached hydrogen (secondary N) is 2. The summed E-state index contributed by atoms with van der Waals surface area (Å²) in [5, 5.41) is 7.00. The molecule has 42 heavy (non-hydrogen) atoms. The van der Waals surface area contributed by atoms with Gasteiger partial charge in [-0.25, -0.2) is 18.4 Å². The maximum atomic E-state index is 12.9. The second-order valence-corrected chi connectivity index (χ2v) is 12.8. The third-order valence-corrected chi connectivity index (χ3v) is 7.95. The Morgan fingerprint density at radius 3 is 2.52 bits per heavy atom. The predicted molar refractivity (Wildman–Crippen MR) is 168 cm³/mol. The van der Waals surface area contributed by atoms with Crippen LogP contribution in [0.2, 0.25) is 10.0 Å². The molecule has 0 aliphatic rings. The molecule has 0 atom stereocenters. The van der Waals surface area contributed by atoms with Crippen molar-refractivity contribution >= 4 is 79.1 Å². The third-order valence-electron chi connectivity index (χ3n) is 6.49. The molecule has 5 aromatic rings. The van der Waals surface area contributed by atoms with E-state index in [4.69, 9.17) is 28.2 Å². The normalized spacial score (nSPS) is 11.5. The van der Waals surface area contributed by atoms with Gasteiger partial charge >= 0.3 is 0 Å².